The predicted octanol–water partition coefficient (Wildman–Crippen LogP) is 2.49. The van der Waals surface area contributed by atoms with Crippen LogP contribution in [0.5, 0.6) is 0 Å². The number of halogens is 1. The largest absolute Gasteiger partial charge is 0.322 e. The first-order valence-corrected chi connectivity index (χ1v) is 8.43. The van der Waals surface area contributed by atoms with E-state index in [1.165, 1.54) is 17.0 Å². The Bertz CT molecular complexity index is 712. The summed E-state index contributed by atoms with van der Waals surface area (Å²) in [5.41, 5.74) is 2.03. The lowest BCUT2D eigenvalue weighted by Gasteiger charge is -2.29. The molecule has 3 rings (SSSR count). The maximum absolute atomic E-state index is 14.0. The van der Waals surface area contributed by atoms with Gasteiger partial charge in [0.2, 0.25) is 11.8 Å². The van der Waals surface area contributed by atoms with Crippen LogP contribution in [-0.4, -0.2) is 28.7 Å². The van der Waals surface area contributed by atoms with E-state index >= 15 is 0 Å². The van der Waals surface area contributed by atoms with Crippen LogP contribution in [0.15, 0.2) is 12.1 Å². The highest BCUT2D eigenvalue weighted by molar-refractivity contribution is 6.05. The first kappa shape index (κ1) is 16.6. The van der Waals surface area contributed by atoms with Crippen molar-refractivity contribution in [3.8, 4) is 0 Å². The molecule has 0 spiro atoms. The summed E-state index contributed by atoms with van der Waals surface area (Å²) in [7, 11) is 0. The molecule has 0 saturated carbocycles. The van der Waals surface area contributed by atoms with Gasteiger partial charge in [0.05, 0.1) is 0 Å². The summed E-state index contributed by atoms with van der Waals surface area (Å²) in [6, 6.07) is 2.10. The van der Waals surface area contributed by atoms with E-state index in [1.807, 2.05) is 13.8 Å². The number of fused-ring (bicyclic) bond motifs is 1. The number of rotatable bonds is 4. The van der Waals surface area contributed by atoms with Crippen LogP contribution in [0.25, 0.3) is 0 Å². The van der Waals surface area contributed by atoms with Crippen LogP contribution in [0.1, 0.15) is 66.9 Å². The Morgan fingerprint density at radius 2 is 1.96 bits per heavy atom. The molecule has 128 valence electrons. The van der Waals surface area contributed by atoms with Gasteiger partial charge >= 0.3 is 0 Å². The maximum atomic E-state index is 14.0. The van der Waals surface area contributed by atoms with Gasteiger partial charge in [0.1, 0.15) is 11.9 Å². The number of nitrogens with zero attached hydrogens (tertiary/aromatic N) is 1. The van der Waals surface area contributed by atoms with Crippen LogP contribution in [0.2, 0.25) is 0 Å². The van der Waals surface area contributed by atoms with E-state index in [4.69, 9.17) is 0 Å². The molecule has 0 radical (unpaired) electrons. The van der Waals surface area contributed by atoms with Gasteiger partial charge < -0.3 is 4.90 Å². The van der Waals surface area contributed by atoms with E-state index in [1.54, 1.807) is 0 Å². The molecule has 2 aliphatic rings. The number of carbonyl (C=O) groups excluding carboxylic acids is 3. The van der Waals surface area contributed by atoms with Crippen molar-refractivity contribution in [1.82, 2.24) is 10.2 Å². The van der Waals surface area contributed by atoms with Crippen molar-refractivity contribution >= 4 is 17.7 Å². The third-order valence-electron chi connectivity index (χ3n) is 5.08. The van der Waals surface area contributed by atoms with Gasteiger partial charge in [0.25, 0.3) is 5.91 Å². The molecular formula is C18H21FN2O3. The molecule has 2 heterocycles. The fourth-order valence-corrected chi connectivity index (χ4v) is 3.75. The van der Waals surface area contributed by atoms with E-state index in [-0.39, 0.29) is 24.2 Å². The lowest BCUT2D eigenvalue weighted by Crippen LogP contribution is -2.52. The highest BCUT2D eigenvalue weighted by Gasteiger charge is 2.40. The van der Waals surface area contributed by atoms with Crippen molar-refractivity contribution in [2.24, 2.45) is 0 Å². The lowest BCUT2D eigenvalue weighted by molar-refractivity contribution is -0.136. The standard InChI is InChI=1S/C18H21FN2O3/c1-3-10(4-2)12-7-11(19)8-13-14(12)9-21(18(13)24)15-5-6-16(22)20-17(15)23/h7-8,10,15H,3-6,9H2,1-2H3,(H,20,22,23). The molecule has 1 aromatic carbocycles. The fourth-order valence-electron chi connectivity index (χ4n) is 3.75. The summed E-state index contributed by atoms with van der Waals surface area (Å²) in [6.45, 7) is 4.38. The molecule has 5 nitrogen and oxygen atoms in total. The summed E-state index contributed by atoms with van der Waals surface area (Å²) >= 11 is 0. The molecule has 1 unspecified atom stereocenters. The molecular weight excluding hydrogens is 311 g/mol. The van der Waals surface area contributed by atoms with Gasteiger partial charge in [-0.2, -0.15) is 0 Å². The molecule has 24 heavy (non-hydrogen) atoms. The first-order chi connectivity index (χ1) is 11.5. The zero-order valence-corrected chi connectivity index (χ0v) is 13.9. The Labute approximate surface area is 140 Å². The SMILES string of the molecule is CCC(CC)c1cc(F)cc2c1CN(C1CCC(=O)NC1=O)C2=O. The molecule has 3 amide bonds. The summed E-state index contributed by atoms with van der Waals surface area (Å²) in [5, 5.41) is 2.28. The number of nitrogens with one attached hydrogen (secondary N) is 1. The Morgan fingerprint density at radius 3 is 2.58 bits per heavy atom. The van der Waals surface area contributed by atoms with Gasteiger partial charge in [0, 0.05) is 18.5 Å². The van der Waals surface area contributed by atoms with Crippen LogP contribution in [0, 0.1) is 5.82 Å². The first-order valence-electron chi connectivity index (χ1n) is 8.43. The van der Waals surface area contributed by atoms with Crippen molar-refractivity contribution in [1.29, 1.82) is 0 Å². The summed E-state index contributed by atoms with van der Waals surface area (Å²) in [6.07, 6.45) is 2.25. The van der Waals surface area contributed by atoms with E-state index in [2.05, 4.69) is 5.32 Å². The second-order valence-electron chi connectivity index (χ2n) is 6.43. The van der Waals surface area contributed by atoms with Crippen molar-refractivity contribution in [3.63, 3.8) is 0 Å². The van der Waals surface area contributed by atoms with E-state index in [9.17, 15) is 18.8 Å². The lowest BCUT2D eigenvalue weighted by atomic mass is 9.88. The smallest absolute Gasteiger partial charge is 0.255 e. The normalized spacial score (nSPS) is 20.6. The molecule has 0 aromatic heterocycles. The second-order valence-corrected chi connectivity index (χ2v) is 6.43. The van der Waals surface area contributed by atoms with Crippen molar-refractivity contribution in [3.05, 3.63) is 34.6 Å². The number of carbonyl (C=O) groups is 3. The summed E-state index contributed by atoms with van der Waals surface area (Å²) in [5.74, 6) is -1.33. The van der Waals surface area contributed by atoms with Crippen LogP contribution in [0.4, 0.5) is 4.39 Å². The summed E-state index contributed by atoms with van der Waals surface area (Å²) < 4.78 is 14.0. The van der Waals surface area contributed by atoms with Gasteiger partial charge in [-0.1, -0.05) is 13.8 Å². The number of imide groups is 1. The Balaban J connectivity index is 1.96. The number of piperidine rings is 1. The molecule has 1 fully saturated rings. The molecule has 2 aliphatic heterocycles. The fraction of sp³-hybridized carbons (Fsp3) is 0.500. The molecule has 1 atom stereocenters. The van der Waals surface area contributed by atoms with Crippen LogP contribution in [0.3, 0.4) is 0 Å². The monoisotopic (exact) mass is 332 g/mol. The van der Waals surface area contributed by atoms with Crippen LogP contribution < -0.4 is 5.32 Å². The van der Waals surface area contributed by atoms with Crippen LogP contribution >= 0.6 is 0 Å². The van der Waals surface area contributed by atoms with Gasteiger partial charge in [-0.25, -0.2) is 4.39 Å². The zero-order chi connectivity index (χ0) is 17.4. The van der Waals surface area contributed by atoms with Gasteiger partial charge in [-0.3, -0.25) is 19.7 Å². The van der Waals surface area contributed by atoms with Gasteiger partial charge in [-0.05, 0) is 48.4 Å². The predicted molar refractivity (Wildman–Crippen MR) is 85.8 cm³/mol. The highest BCUT2D eigenvalue weighted by atomic mass is 19.1. The Hall–Kier alpha value is -2.24. The highest BCUT2D eigenvalue weighted by Crippen LogP contribution is 2.36. The van der Waals surface area contributed by atoms with Gasteiger partial charge in [-0.15, -0.1) is 0 Å². The van der Waals surface area contributed by atoms with Crippen LogP contribution in [-0.2, 0) is 16.1 Å². The molecule has 0 bridgehead atoms. The third kappa shape index (κ3) is 2.70. The zero-order valence-electron chi connectivity index (χ0n) is 13.9. The molecule has 1 aromatic rings. The van der Waals surface area contributed by atoms with Crippen molar-refractivity contribution < 1.29 is 18.8 Å². The van der Waals surface area contributed by atoms with Gasteiger partial charge in [0.15, 0.2) is 0 Å². The quantitative estimate of drug-likeness (QED) is 0.862. The molecule has 0 aliphatic carbocycles. The van der Waals surface area contributed by atoms with Crippen molar-refractivity contribution in [2.75, 3.05) is 0 Å². The topological polar surface area (TPSA) is 66.5 Å². The number of benzene rings is 1. The van der Waals surface area contributed by atoms with Crippen molar-refractivity contribution in [2.45, 2.75) is 58.0 Å². The number of hydrogen-bond donors (Lipinski definition) is 1. The average Bonchev–Trinajstić information content (AvgIpc) is 2.86. The Kier molecular flexibility index (Phi) is 4.39. The minimum atomic E-state index is -0.666. The maximum Gasteiger partial charge on any atom is 0.255 e. The van der Waals surface area contributed by atoms with E-state index < -0.39 is 17.8 Å². The number of amides is 3. The number of hydrogen-bond acceptors (Lipinski definition) is 3. The minimum absolute atomic E-state index is 0.184. The van der Waals surface area contributed by atoms with E-state index in [0.717, 1.165) is 24.0 Å². The molecule has 1 saturated heterocycles. The molecule has 6 heteroatoms. The third-order valence-corrected chi connectivity index (χ3v) is 5.08. The van der Waals surface area contributed by atoms with E-state index in [0.29, 0.717) is 18.5 Å². The molecule has 1 N–H and O–H groups in total. The Morgan fingerprint density at radius 1 is 1.25 bits per heavy atom. The summed E-state index contributed by atoms with van der Waals surface area (Å²) in [4.78, 5) is 37.6. The minimum Gasteiger partial charge on any atom is -0.322 e. The average molecular weight is 332 g/mol. The second kappa shape index (κ2) is 6.34.